The van der Waals surface area contributed by atoms with E-state index in [0.29, 0.717) is 25.7 Å². The van der Waals surface area contributed by atoms with Gasteiger partial charge < -0.3 is 37.9 Å². The monoisotopic (exact) mass is 752 g/mol. The Morgan fingerprint density at radius 2 is 0.722 bits per heavy atom. The molecule has 16 heteroatoms. The Balaban J connectivity index is 1.11. The minimum absolute atomic E-state index is 0.0354. The number of allylic oxidation sites excluding steroid dienone is 8. The molecule has 0 N–H and O–H groups in total. The van der Waals surface area contributed by atoms with Crippen LogP contribution in [0.1, 0.15) is 91.9 Å². The molecule has 1 aliphatic carbocycles. The highest BCUT2D eigenvalue weighted by molar-refractivity contribution is 6.17. The van der Waals surface area contributed by atoms with Crippen molar-refractivity contribution < 1.29 is 76.3 Å². The summed E-state index contributed by atoms with van der Waals surface area (Å²) in [5.74, 6) is -13.1. The van der Waals surface area contributed by atoms with Crippen molar-refractivity contribution in [3.05, 3.63) is 70.9 Å². The van der Waals surface area contributed by atoms with E-state index in [-0.39, 0.29) is 55.2 Å². The van der Waals surface area contributed by atoms with E-state index < -0.39 is 76.5 Å². The van der Waals surface area contributed by atoms with E-state index in [1.807, 2.05) is 13.8 Å². The lowest BCUT2D eigenvalue weighted by molar-refractivity contribution is -0.291. The number of carbonyl (C=O) groups excluding carboxylic acids is 8. The number of hydrogen-bond donors (Lipinski definition) is 0. The van der Waals surface area contributed by atoms with Gasteiger partial charge in [-0.1, -0.05) is 50.3 Å². The van der Waals surface area contributed by atoms with Gasteiger partial charge in [-0.15, -0.1) is 0 Å². The second kappa shape index (κ2) is 15.7. The zero-order valence-electron chi connectivity index (χ0n) is 30.2. The SMILES string of the molecule is CCCC1(C)OC(=O)C(=C/C=C/CC=C2C(=O)OC3(CCC4(CC3)OC(=O)C(=C/C=C/CC=C3C(=O)OC(C)(CCC)OC3=O)C(=O)O4)OC2=O)C(=O)O1. The predicted octanol–water partition coefficient (Wildman–Crippen LogP) is 3.98. The lowest BCUT2D eigenvalue weighted by Crippen LogP contribution is -2.56. The van der Waals surface area contributed by atoms with Crippen molar-refractivity contribution in [2.45, 2.75) is 115 Å². The van der Waals surface area contributed by atoms with E-state index in [1.165, 1.54) is 62.5 Å². The number of hydrogen-bond acceptors (Lipinski definition) is 16. The van der Waals surface area contributed by atoms with E-state index in [1.54, 1.807) is 0 Å². The molecule has 0 radical (unpaired) electrons. The first-order chi connectivity index (χ1) is 25.5. The highest BCUT2D eigenvalue weighted by Gasteiger charge is 2.57. The zero-order chi connectivity index (χ0) is 39.3. The molecule has 5 fully saturated rings. The highest BCUT2D eigenvalue weighted by atomic mass is 16.8. The van der Waals surface area contributed by atoms with E-state index >= 15 is 0 Å². The molecule has 0 atom stereocenters. The fraction of sp³-hybridized carbons (Fsp3) is 0.474. The smallest absolute Gasteiger partial charge is 0.348 e. The van der Waals surface area contributed by atoms with Crippen molar-refractivity contribution in [3.8, 4) is 0 Å². The first kappa shape index (κ1) is 39.4. The maximum atomic E-state index is 12.8. The van der Waals surface area contributed by atoms with Crippen molar-refractivity contribution in [1.82, 2.24) is 0 Å². The van der Waals surface area contributed by atoms with Crippen molar-refractivity contribution in [1.29, 1.82) is 0 Å². The van der Waals surface area contributed by atoms with Gasteiger partial charge in [0, 0.05) is 52.4 Å². The average molecular weight is 753 g/mol. The van der Waals surface area contributed by atoms with Gasteiger partial charge in [0.15, 0.2) is 0 Å². The summed E-state index contributed by atoms with van der Waals surface area (Å²) in [4.78, 5) is 101. The van der Waals surface area contributed by atoms with Crippen LogP contribution >= 0.6 is 0 Å². The summed E-state index contributed by atoms with van der Waals surface area (Å²) in [5.41, 5.74) is -1.35. The van der Waals surface area contributed by atoms with Gasteiger partial charge in [0.1, 0.15) is 22.3 Å². The van der Waals surface area contributed by atoms with Crippen LogP contribution in [0.25, 0.3) is 0 Å². The first-order valence-corrected chi connectivity index (χ1v) is 17.6. The second-order valence-electron chi connectivity index (χ2n) is 13.4. The molecular formula is C38H40O16. The molecule has 2 spiro atoms. The van der Waals surface area contributed by atoms with Crippen molar-refractivity contribution in [2.24, 2.45) is 0 Å². The number of rotatable bonds is 10. The largest absolute Gasteiger partial charge is 0.419 e. The van der Waals surface area contributed by atoms with Crippen LogP contribution in [-0.2, 0) is 76.3 Å². The number of esters is 8. The maximum Gasteiger partial charge on any atom is 0.348 e. The lowest BCUT2D eigenvalue weighted by atomic mass is 9.87. The van der Waals surface area contributed by atoms with Crippen LogP contribution in [0.2, 0.25) is 0 Å². The topological polar surface area (TPSA) is 210 Å². The van der Waals surface area contributed by atoms with Crippen LogP contribution in [0.3, 0.4) is 0 Å². The van der Waals surface area contributed by atoms with Crippen LogP contribution < -0.4 is 0 Å². The van der Waals surface area contributed by atoms with Crippen molar-refractivity contribution in [2.75, 3.05) is 0 Å². The third kappa shape index (κ3) is 8.69. The third-order valence-corrected chi connectivity index (χ3v) is 9.00. The molecule has 5 aliphatic rings. The normalized spacial score (nSPS) is 30.0. The second-order valence-corrected chi connectivity index (χ2v) is 13.4. The Hall–Kier alpha value is -5.80. The molecule has 0 aromatic rings. The summed E-state index contributed by atoms with van der Waals surface area (Å²) in [6.45, 7) is 6.72. The summed E-state index contributed by atoms with van der Waals surface area (Å²) >= 11 is 0. The summed E-state index contributed by atoms with van der Waals surface area (Å²) in [7, 11) is 0. The van der Waals surface area contributed by atoms with Crippen LogP contribution in [0.15, 0.2) is 70.9 Å². The molecule has 0 aromatic carbocycles. The standard InChI is InChI=1S/C38H40O16/c1-5-17-35(3)47-27(39)23(28(40)48-35)13-9-7-11-15-25-31(43)51-37(52-32(25)44)19-21-38(22-20-37)53-33(45)26(34(46)54-38)16-12-8-10-14-24-29(41)49-36(4,18-6-2)50-30(24)42/h7-9,12-16H,5-6,10-11,17-22H2,1-4H3/b9-7+,12-8+,23-13?,24-14?,25-15?,26-16?. The Morgan fingerprint density at radius 3 is 1.04 bits per heavy atom. The van der Waals surface area contributed by atoms with Gasteiger partial charge in [-0.3, -0.25) is 0 Å². The van der Waals surface area contributed by atoms with Gasteiger partial charge in [-0.25, -0.2) is 38.4 Å². The molecule has 4 heterocycles. The average Bonchev–Trinajstić information content (AvgIpc) is 3.06. The maximum absolute atomic E-state index is 12.8. The van der Waals surface area contributed by atoms with Gasteiger partial charge >= 0.3 is 47.8 Å². The van der Waals surface area contributed by atoms with E-state index in [2.05, 4.69) is 0 Å². The van der Waals surface area contributed by atoms with Crippen molar-refractivity contribution in [3.63, 3.8) is 0 Å². The Morgan fingerprint density at radius 1 is 0.444 bits per heavy atom. The molecule has 288 valence electrons. The lowest BCUT2D eigenvalue weighted by Gasteiger charge is -2.46. The molecule has 1 saturated carbocycles. The van der Waals surface area contributed by atoms with Crippen LogP contribution in [0.5, 0.6) is 0 Å². The molecule has 4 saturated heterocycles. The predicted molar refractivity (Wildman–Crippen MR) is 179 cm³/mol. The fourth-order valence-corrected chi connectivity index (χ4v) is 6.31. The molecule has 0 bridgehead atoms. The Kier molecular flexibility index (Phi) is 11.4. The summed E-state index contributed by atoms with van der Waals surface area (Å²) in [6.07, 6.45) is 12.2. The number of cyclic esters (lactones) is 4. The molecule has 5 rings (SSSR count). The molecule has 54 heavy (non-hydrogen) atoms. The molecule has 0 aromatic heterocycles. The minimum atomic E-state index is -1.67. The molecule has 16 nitrogen and oxygen atoms in total. The van der Waals surface area contributed by atoms with Gasteiger partial charge in [-0.2, -0.15) is 0 Å². The van der Waals surface area contributed by atoms with Gasteiger partial charge in [0.2, 0.25) is 0 Å². The van der Waals surface area contributed by atoms with E-state index in [0.717, 1.165) is 0 Å². The summed E-state index contributed by atoms with van der Waals surface area (Å²) < 4.78 is 43.0. The quantitative estimate of drug-likeness (QED) is 0.134. The highest BCUT2D eigenvalue weighted by Crippen LogP contribution is 2.45. The molecule has 4 aliphatic heterocycles. The summed E-state index contributed by atoms with van der Waals surface area (Å²) in [6, 6.07) is 0. The Labute approximate surface area is 309 Å². The zero-order valence-corrected chi connectivity index (χ0v) is 30.2. The Bertz CT molecular complexity index is 1740. The fourth-order valence-electron chi connectivity index (χ4n) is 6.31. The van der Waals surface area contributed by atoms with E-state index in [9.17, 15) is 38.4 Å². The first-order valence-electron chi connectivity index (χ1n) is 17.6. The third-order valence-electron chi connectivity index (χ3n) is 9.00. The van der Waals surface area contributed by atoms with Gasteiger partial charge in [0.05, 0.1) is 0 Å². The molecule has 0 amide bonds. The number of ether oxygens (including phenoxy) is 8. The number of carbonyl (C=O) groups is 8. The minimum Gasteiger partial charge on any atom is -0.419 e. The molecular weight excluding hydrogens is 712 g/mol. The summed E-state index contributed by atoms with van der Waals surface area (Å²) in [5, 5.41) is 0. The van der Waals surface area contributed by atoms with Crippen LogP contribution in [-0.4, -0.2) is 70.9 Å². The molecule has 0 unspecified atom stereocenters. The van der Waals surface area contributed by atoms with Gasteiger partial charge in [0.25, 0.3) is 23.1 Å². The van der Waals surface area contributed by atoms with E-state index in [4.69, 9.17) is 37.9 Å². The van der Waals surface area contributed by atoms with Crippen LogP contribution in [0.4, 0.5) is 0 Å². The van der Waals surface area contributed by atoms with Gasteiger partial charge in [-0.05, 0) is 37.8 Å². The van der Waals surface area contributed by atoms with Crippen molar-refractivity contribution >= 4 is 47.8 Å². The van der Waals surface area contributed by atoms with Crippen LogP contribution in [0, 0.1) is 0 Å².